The third-order valence-electron chi connectivity index (χ3n) is 2.67. The summed E-state index contributed by atoms with van der Waals surface area (Å²) in [5.41, 5.74) is 8.52. The van der Waals surface area contributed by atoms with Gasteiger partial charge in [0.25, 0.3) is 0 Å². The Balaban J connectivity index is 2.33. The molecular weight excluding hydrogens is 222 g/mol. The minimum Gasteiger partial charge on any atom is -0.397 e. The second-order valence-electron chi connectivity index (χ2n) is 3.77. The van der Waals surface area contributed by atoms with E-state index in [4.69, 9.17) is 22.7 Å². The van der Waals surface area contributed by atoms with Gasteiger partial charge in [-0.25, -0.2) is 0 Å². The summed E-state index contributed by atoms with van der Waals surface area (Å²) in [4.78, 5) is 0. The fraction of sp³-hybridized carbons (Fsp3) is 0.250. The van der Waals surface area contributed by atoms with E-state index in [0.717, 1.165) is 25.1 Å². The fourth-order valence-electron chi connectivity index (χ4n) is 1.76. The van der Waals surface area contributed by atoms with Crippen molar-refractivity contribution in [1.82, 2.24) is 5.32 Å². The molecule has 0 unspecified atom stereocenters. The predicted octanol–water partition coefficient (Wildman–Crippen LogP) is 2.21. The monoisotopic (exact) mass is 235 g/mol. The molecule has 0 atom stereocenters. The van der Waals surface area contributed by atoms with Crippen LogP contribution in [-0.4, -0.2) is 18.8 Å². The number of hydrogen-bond acceptors (Lipinski definition) is 3. The lowest BCUT2D eigenvalue weighted by Gasteiger charge is -2.16. The summed E-state index contributed by atoms with van der Waals surface area (Å²) < 4.78 is 0. The largest absolute Gasteiger partial charge is 0.397 e. The van der Waals surface area contributed by atoms with Crippen molar-refractivity contribution >= 4 is 23.0 Å². The van der Waals surface area contributed by atoms with Gasteiger partial charge in [-0.05, 0) is 24.6 Å². The van der Waals surface area contributed by atoms with Gasteiger partial charge in [-0.2, -0.15) is 0 Å². The van der Waals surface area contributed by atoms with Crippen molar-refractivity contribution in [1.29, 1.82) is 5.41 Å². The van der Waals surface area contributed by atoms with E-state index in [-0.39, 0.29) is 0 Å². The van der Waals surface area contributed by atoms with Crippen LogP contribution in [0.15, 0.2) is 29.8 Å². The predicted molar refractivity (Wildman–Crippen MR) is 68.3 cm³/mol. The van der Waals surface area contributed by atoms with Gasteiger partial charge in [0.15, 0.2) is 0 Å². The Morgan fingerprint density at radius 2 is 2.25 bits per heavy atom. The summed E-state index contributed by atoms with van der Waals surface area (Å²) in [6.07, 6.45) is 3.04. The van der Waals surface area contributed by atoms with Crippen molar-refractivity contribution in [2.24, 2.45) is 0 Å². The van der Waals surface area contributed by atoms with Crippen LogP contribution in [0.5, 0.6) is 0 Å². The molecule has 0 spiro atoms. The molecule has 4 heteroatoms. The van der Waals surface area contributed by atoms with Crippen molar-refractivity contribution in [2.45, 2.75) is 6.42 Å². The standard InChI is InChI=1S/C12H14ClN3/c13-10-5-1-4-9(12(10)15)11(14)8-3-2-6-16-7-8/h1,3-5,14,16H,2,6-7,15H2. The maximum absolute atomic E-state index is 8.11. The van der Waals surface area contributed by atoms with Crippen LogP contribution < -0.4 is 11.1 Å². The molecule has 0 fully saturated rings. The molecule has 0 saturated heterocycles. The van der Waals surface area contributed by atoms with Crippen LogP contribution in [0.1, 0.15) is 12.0 Å². The van der Waals surface area contributed by atoms with Crippen LogP contribution in [0.4, 0.5) is 5.69 Å². The second kappa shape index (κ2) is 4.68. The Bertz CT molecular complexity index is 452. The molecule has 0 aliphatic carbocycles. The van der Waals surface area contributed by atoms with Gasteiger partial charge in [-0.15, -0.1) is 0 Å². The quantitative estimate of drug-likeness (QED) is 0.544. The first kappa shape index (κ1) is 11.2. The number of hydrogen-bond donors (Lipinski definition) is 3. The van der Waals surface area contributed by atoms with Crippen LogP contribution in [0.25, 0.3) is 0 Å². The van der Waals surface area contributed by atoms with E-state index in [2.05, 4.69) is 11.4 Å². The Hall–Kier alpha value is -1.32. The molecule has 4 N–H and O–H groups in total. The lowest BCUT2D eigenvalue weighted by atomic mass is 9.98. The number of halogens is 1. The maximum Gasteiger partial charge on any atom is 0.0675 e. The van der Waals surface area contributed by atoms with Crippen molar-refractivity contribution in [3.63, 3.8) is 0 Å². The van der Waals surface area contributed by atoms with E-state index in [1.54, 1.807) is 6.07 Å². The van der Waals surface area contributed by atoms with Crippen LogP contribution in [0.2, 0.25) is 5.02 Å². The molecule has 84 valence electrons. The Morgan fingerprint density at radius 3 is 2.94 bits per heavy atom. The first-order chi connectivity index (χ1) is 7.70. The van der Waals surface area contributed by atoms with Gasteiger partial charge in [0.1, 0.15) is 0 Å². The van der Waals surface area contributed by atoms with Gasteiger partial charge in [-0.3, -0.25) is 5.41 Å². The molecular formula is C12H14ClN3. The minimum absolute atomic E-state index is 0.465. The zero-order chi connectivity index (χ0) is 11.5. The Kier molecular flexibility index (Phi) is 3.27. The SMILES string of the molecule is N=C(C1=CCCNC1)c1cccc(Cl)c1N. The summed E-state index contributed by atoms with van der Waals surface area (Å²) >= 11 is 5.94. The number of nitrogen functional groups attached to an aromatic ring is 1. The van der Waals surface area contributed by atoms with Gasteiger partial charge in [0, 0.05) is 12.1 Å². The number of para-hydroxylation sites is 1. The van der Waals surface area contributed by atoms with E-state index in [1.807, 2.05) is 12.1 Å². The highest BCUT2D eigenvalue weighted by atomic mass is 35.5. The van der Waals surface area contributed by atoms with Crippen LogP contribution >= 0.6 is 11.6 Å². The van der Waals surface area contributed by atoms with E-state index in [9.17, 15) is 0 Å². The molecule has 1 aromatic carbocycles. The number of anilines is 1. The van der Waals surface area contributed by atoms with Crippen molar-refractivity contribution in [3.05, 3.63) is 40.4 Å². The van der Waals surface area contributed by atoms with E-state index < -0.39 is 0 Å². The molecule has 0 radical (unpaired) electrons. The topological polar surface area (TPSA) is 61.9 Å². The molecule has 16 heavy (non-hydrogen) atoms. The molecule has 1 heterocycles. The average molecular weight is 236 g/mol. The molecule has 0 saturated carbocycles. The van der Waals surface area contributed by atoms with Gasteiger partial charge in [0.05, 0.1) is 16.4 Å². The number of nitrogens with two attached hydrogens (primary N) is 1. The summed E-state index contributed by atoms with van der Waals surface area (Å²) in [6.45, 7) is 1.70. The van der Waals surface area contributed by atoms with Gasteiger partial charge in [-0.1, -0.05) is 29.8 Å². The average Bonchev–Trinajstić information content (AvgIpc) is 2.33. The van der Waals surface area contributed by atoms with Crippen LogP contribution in [0, 0.1) is 5.41 Å². The number of benzene rings is 1. The molecule has 0 aromatic heterocycles. The maximum atomic E-state index is 8.11. The number of rotatable bonds is 2. The van der Waals surface area contributed by atoms with E-state index in [1.165, 1.54) is 0 Å². The lowest BCUT2D eigenvalue weighted by molar-refractivity contribution is 0.716. The normalized spacial score (nSPS) is 15.7. The van der Waals surface area contributed by atoms with Crippen LogP contribution in [-0.2, 0) is 0 Å². The summed E-state index contributed by atoms with van der Waals surface area (Å²) in [6, 6.07) is 5.39. The van der Waals surface area contributed by atoms with Crippen molar-refractivity contribution in [2.75, 3.05) is 18.8 Å². The molecule has 1 aliphatic heterocycles. The molecule has 2 rings (SSSR count). The zero-order valence-electron chi connectivity index (χ0n) is 8.89. The van der Waals surface area contributed by atoms with Crippen LogP contribution in [0.3, 0.4) is 0 Å². The molecule has 3 nitrogen and oxygen atoms in total. The van der Waals surface area contributed by atoms with Crippen molar-refractivity contribution < 1.29 is 0 Å². The molecule has 0 bridgehead atoms. The molecule has 1 aliphatic rings. The fourth-order valence-corrected chi connectivity index (χ4v) is 1.94. The molecule has 1 aromatic rings. The van der Waals surface area contributed by atoms with Crippen molar-refractivity contribution in [3.8, 4) is 0 Å². The van der Waals surface area contributed by atoms with Gasteiger partial charge >= 0.3 is 0 Å². The highest BCUT2D eigenvalue weighted by Gasteiger charge is 2.13. The zero-order valence-corrected chi connectivity index (χ0v) is 9.64. The first-order valence-corrected chi connectivity index (χ1v) is 5.61. The highest BCUT2D eigenvalue weighted by Crippen LogP contribution is 2.24. The molecule has 0 amide bonds. The minimum atomic E-state index is 0.465. The summed E-state index contributed by atoms with van der Waals surface area (Å²) in [7, 11) is 0. The lowest BCUT2D eigenvalue weighted by Crippen LogP contribution is -2.26. The Morgan fingerprint density at radius 1 is 1.44 bits per heavy atom. The third-order valence-corrected chi connectivity index (χ3v) is 3.00. The number of nitrogens with one attached hydrogen (secondary N) is 2. The summed E-state index contributed by atoms with van der Waals surface area (Å²) in [5, 5.41) is 11.9. The highest BCUT2D eigenvalue weighted by molar-refractivity contribution is 6.34. The van der Waals surface area contributed by atoms with Gasteiger partial charge in [0.2, 0.25) is 0 Å². The summed E-state index contributed by atoms with van der Waals surface area (Å²) in [5.74, 6) is 0. The second-order valence-corrected chi connectivity index (χ2v) is 4.18. The van der Waals surface area contributed by atoms with Gasteiger partial charge < -0.3 is 11.1 Å². The van der Waals surface area contributed by atoms with E-state index in [0.29, 0.717) is 22.0 Å². The third kappa shape index (κ3) is 2.10. The van der Waals surface area contributed by atoms with E-state index >= 15 is 0 Å². The smallest absolute Gasteiger partial charge is 0.0675 e. The first-order valence-electron chi connectivity index (χ1n) is 5.23. The Labute approximate surface area is 99.8 Å².